The summed E-state index contributed by atoms with van der Waals surface area (Å²) in [4.78, 5) is 11.3. The molecule has 1 aromatic heterocycles. The third-order valence-corrected chi connectivity index (χ3v) is 3.06. The van der Waals surface area contributed by atoms with Crippen LogP contribution in [0.1, 0.15) is 61.0 Å². The maximum absolute atomic E-state index is 11.3. The molecule has 14 heavy (non-hydrogen) atoms. The van der Waals surface area contributed by atoms with Crippen LogP contribution in [0.2, 0.25) is 0 Å². The average Bonchev–Trinajstić information content (AvgIpc) is 2.67. The fourth-order valence-corrected chi connectivity index (χ4v) is 2.28. The van der Waals surface area contributed by atoms with Crippen LogP contribution in [0.25, 0.3) is 0 Å². The zero-order valence-corrected chi connectivity index (χ0v) is 8.55. The van der Waals surface area contributed by atoms with Crippen molar-refractivity contribution in [3.63, 3.8) is 0 Å². The minimum atomic E-state index is 0.124. The van der Waals surface area contributed by atoms with Crippen LogP contribution in [0, 0.1) is 0 Å². The maximum atomic E-state index is 11.3. The Bertz CT molecular complexity index is 324. The van der Waals surface area contributed by atoms with Crippen LogP contribution in [-0.4, -0.2) is 16.0 Å². The van der Waals surface area contributed by atoms with Crippen LogP contribution >= 0.6 is 0 Å². The Hall–Kier alpha value is -1.12. The summed E-state index contributed by atoms with van der Waals surface area (Å²) < 4.78 is 0. The first kappa shape index (κ1) is 9.44. The monoisotopic (exact) mass is 192 g/mol. The molecular formula is C11H16N2O. The number of aromatic amines is 1. The largest absolute Gasteiger partial charge is 0.294 e. The van der Waals surface area contributed by atoms with Gasteiger partial charge in [0, 0.05) is 11.6 Å². The van der Waals surface area contributed by atoms with Gasteiger partial charge in [-0.15, -0.1) is 0 Å². The Balaban J connectivity index is 2.21. The summed E-state index contributed by atoms with van der Waals surface area (Å²) in [5.41, 5.74) is 1.86. The molecule has 0 unspecified atom stereocenters. The third-order valence-electron chi connectivity index (χ3n) is 3.06. The minimum Gasteiger partial charge on any atom is -0.294 e. The van der Waals surface area contributed by atoms with Crippen LogP contribution in [0.5, 0.6) is 0 Å². The smallest absolute Gasteiger partial charge is 0.163 e. The number of Topliss-reactive ketones (excluding diaryl/α,β-unsaturated/α-hetero) is 1. The van der Waals surface area contributed by atoms with E-state index in [1.165, 1.54) is 32.1 Å². The van der Waals surface area contributed by atoms with Crippen molar-refractivity contribution < 1.29 is 4.79 Å². The van der Waals surface area contributed by atoms with Gasteiger partial charge in [-0.05, 0) is 19.8 Å². The SMILES string of the molecule is CC(=O)c1cn[nH]c1C1CCCCC1. The minimum absolute atomic E-state index is 0.124. The van der Waals surface area contributed by atoms with E-state index in [0.29, 0.717) is 5.92 Å². The van der Waals surface area contributed by atoms with Gasteiger partial charge in [0.25, 0.3) is 0 Å². The van der Waals surface area contributed by atoms with Crippen molar-refractivity contribution in [3.8, 4) is 0 Å². The molecule has 0 saturated heterocycles. The van der Waals surface area contributed by atoms with E-state index in [0.717, 1.165) is 11.3 Å². The van der Waals surface area contributed by atoms with E-state index in [9.17, 15) is 4.79 Å². The van der Waals surface area contributed by atoms with Crippen molar-refractivity contribution in [2.45, 2.75) is 44.9 Å². The lowest BCUT2D eigenvalue weighted by molar-refractivity contribution is 0.101. The van der Waals surface area contributed by atoms with Crippen LogP contribution < -0.4 is 0 Å². The number of carbonyl (C=O) groups excluding carboxylic acids is 1. The van der Waals surface area contributed by atoms with Crippen LogP contribution in [0.3, 0.4) is 0 Å². The molecule has 3 heteroatoms. The molecule has 2 rings (SSSR count). The zero-order valence-electron chi connectivity index (χ0n) is 8.55. The second-order valence-electron chi connectivity index (χ2n) is 4.09. The van der Waals surface area contributed by atoms with E-state index in [1.807, 2.05) is 0 Å². The molecule has 1 saturated carbocycles. The molecule has 76 valence electrons. The highest BCUT2D eigenvalue weighted by Crippen LogP contribution is 2.33. The predicted octanol–water partition coefficient (Wildman–Crippen LogP) is 2.66. The van der Waals surface area contributed by atoms with Gasteiger partial charge in [0.1, 0.15) is 0 Å². The quantitative estimate of drug-likeness (QED) is 0.732. The van der Waals surface area contributed by atoms with Gasteiger partial charge in [0.15, 0.2) is 5.78 Å². The summed E-state index contributed by atoms with van der Waals surface area (Å²) >= 11 is 0. The molecule has 0 amide bonds. The van der Waals surface area contributed by atoms with E-state index in [-0.39, 0.29) is 5.78 Å². The Labute approximate surface area is 83.9 Å². The third kappa shape index (κ3) is 1.72. The highest BCUT2D eigenvalue weighted by Gasteiger charge is 2.21. The lowest BCUT2D eigenvalue weighted by Gasteiger charge is -2.20. The molecule has 1 aliphatic rings. The molecule has 0 bridgehead atoms. The normalized spacial score (nSPS) is 18.4. The van der Waals surface area contributed by atoms with E-state index in [2.05, 4.69) is 10.2 Å². The molecule has 0 spiro atoms. The van der Waals surface area contributed by atoms with Crippen LogP contribution in [-0.2, 0) is 0 Å². The van der Waals surface area contributed by atoms with Gasteiger partial charge < -0.3 is 0 Å². The number of hydrogen-bond donors (Lipinski definition) is 1. The van der Waals surface area contributed by atoms with Crippen molar-refractivity contribution in [2.24, 2.45) is 0 Å². The zero-order chi connectivity index (χ0) is 9.97. The lowest BCUT2D eigenvalue weighted by atomic mass is 9.85. The van der Waals surface area contributed by atoms with E-state index in [1.54, 1.807) is 13.1 Å². The second kappa shape index (κ2) is 3.95. The summed E-state index contributed by atoms with van der Waals surface area (Å²) in [6.07, 6.45) is 7.94. The Kier molecular flexibility index (Phi) is 2.66. The molecule has 0 aliphatic heterocycles. The average molecular weight is 192 g/mol. The Morgan fingerprint density at radius 1 is 1.43 bits per heavy atom. The topological polar surface area (TPSA) is 45.8 Å². The fourth-order valence-electron chi connectivity index (χ4n) is 2.28. The molecule has 0 aromatic carbocycles. The van der Waals surface area contributed by atoms with Crippen molar-refractivity contribution in [2.75, 3.05) is 0 Å². The number of nitrogens with one attached hydrogen (secondary N) is 1. The highest BCUT2D eigenvalue weighted by atomic mass is 16.1. The maximum Gasteiger partial charge on any atom is 0.163 e. The fraction of sp³-hybridized carbons (Fsp3) is 0.636. The van der Waals surface area contributed by atoms with E-state index in [4.69, 9.17) is 0 Å². The highest BCUT2D eigenvalue weighted by molar-refractivity contribution is 5.95. The Morgan fingerprint density at radius 3 is 2.79 bits per heavy atom. The first-order valence-electron chi connectivity index (χ1n) is 5.33. The van der Waals surface area contributed by atoms with Crippen LogP contribution in [0.4, 0.5) is 0 Å². The number of nitrogens with zero attached hydrogens (tertiary/aromatic N) is 1. The molecular weight excluding hydrogens is 176 g/mol. The summed E-state index contributed by atoms with van der Waals surface area (Å²) in [6, 6.07) is 0. The first-order valence-corrected chi connectivity index (χ1v) is 5.33. The van der Waals surface area contributed by atoms with Gasteiger partial charge in [0.2, 0.25) is 0 Å². The standard InChI is InChI=1S/C11H16N2O/c1-8(14)10-7-12-13-11(10)9-5-3-2-4-6-9/h7,9H,2-6H2,1H3,(H,12,13). The number of ketones is 1. The van der Waals surface area contributed by atoms with Gasteiger partial charge in [-0.3, -0.25) is 9.89 Å². The molecule has 1 fully saturated rings. The van der Waals surface area contributed by atoms with E-state index >= 15 is 0 Å². The van der Waals surface area contributed by atoms with Gasteiger partial charge in [-0.25, -0.2) is 0 Å². The molecule has 0 radical (unpaired) electrons. The van der Waals surface area contributed by atoms with Gasteiger partial charge in [-0.1, -0.05) is 19.3 Å². The number of H-pyrrole nitrogens is 1. The van der Waals surface area contributed by atoms with E-state index < -0.39 is 0 Å². The van der Waals surface area contributed by atoms with Crippen LogP contribution in [0.15, 0.2) is 6.20 Å². The summed E-state index contributed by atoms with van der Waals surface area (Å²) in [5, 5.41) is 6.96. The van der Waals surface area contributed by atoms with Crippen molar-refractivity contribution >= 4 is 5.78 Å². The van der Waals surface area contributed by atoms with Crippen molar-refractivity contribution in [1.29, 1.82) is 0 Å². The first-order chi connectivity index (χ1) is 6.79. The molecule has 1 heterocycles. The summed E-state index contributed by atoms with van der Waals surface area (Å²) in [7, 11) is 0. The predicted molar refractivity (Wildman–Crippen MR) is 54.4 cm³/mol. The Morgan fingerprint density at radius 2 is 2.14 bits per heavy atom. The lowest BCUT2D eigenvalue weighted by Crippen LogP contribution is -2.08. The molecule has 1 N–H and O–H groups in total. The summed E-state index contributed by atoms with van der Waals surface area (Å²) in [5.74, 6) is 0.657. The second-order valence-corrected chi connectivity index (χ2v) is 4.09. The van der Waals surface area contributed by atoms with Gasteiger partial charge >= 0.3 is 0 Å². The van der Waals surface area contributed by atoms with Gasteiger partial charge in [0.05, 0.1) is 11.8 Å². The molecule has 0 atom stereocenters. The summed E-state index contributed by atoms with van der Waals surface area (Å²) in [6.45, 7) is 1.61. The molecule has 1 aromatic rings. The number of rotatable bonds is 2. The molecule has 1 aliphatic carbocycles. The van der Waals surface area contributed by atoms with Crippen molar-refractivity contribution in [1.82, 2.24) is 10.2 Å². The van der Waals surface area contributed by atoms with Crippen molar-refractivity contribution in [3.05, 3.63) is 17.5 Å². The number of hydrogen-bond acceptors (Lipinski definition) is 2. The number of carbonyl (C=O) groups is 1. The number of aromatic nitrogens is 2. The molecule has 3 nitrogen and oxygen atoms in total. The van der Waals surface area contributed by atoms with Gasteiger partial charge in [-0.2, -0.15) is 5.10 Å².